The Morgan fingerprint density at radius 2 is 1.22 bits per heavy atom. The van der Waals surface area contributed by atoms with E-state index in [0.717, 1.165) is 27.8 Å². The van der Waals surface area contributed by atoms with Gasteiger partial charge >= 0.3 is 24.2 Å². The molecule has 60 heavy (non-hydrogen) atoms. The Labute approximate surface area is 358 Å². The molecule has 12 heteroatoms. The van der Waals surface area contributed by atoms with Gasteiger partial charge in [-0.3, -0.25) is 4.79 Å². The summed E-state index contributed by atoms with van der Waals surface area (Å²) in [5.74, 6) is -1.08. The van der Waals surface area contributed by atoms with Gasteiger partial charge in [0.1, 0.15) is 25.4 Å². The maximum atomic E-state index is 13.4. The fourth-order valence-corrected chi connectivity index (χ4v) is 7.08. The maximum Gasteiger partial charge on any atom is 0.407 e. The van der Waals surface area contributed by atoms with Crippen molar-refractivity contribution in [1.82, 2.24) is 16.0 Å². The Bertz CT molecular complexity index is 2010. The van der Waals surface area contributed by atoms with Gasteiger partial charge in [0, 0.05) is 29.6 Å². The first-order chi connectivity index (χ1) is 29.0. The average molecular weight is 838 g/mol. The van der Waals surface area contributed by atoms with Crippen LogP contribution in [0.2, 0.25) is 5.02 Å². The van der Waals surface area contributed by atoms with Crippen molar-refractivity contribution in [3.05, 3.63) is 143 Å². The first-order valence-electron chi connectivity index (χ1n) is 20.6. The fraction of sp³-hybridized carbons (Fsp3) is 0.375. The minimum Gasteiger partial charge on any atom is -0.460 e. The molecule has 0 aromatic heterocycles. The largest absolute Gasteiger partial charge is 0.460 e. The van der Waals surface area contributed by atoms with E-state index >= 15 is 0 Å². The molecule has 3 N–H and O–H groups in total. The predicted octanol–water partition coefficient (Wildman–Crippen LogP) is 10.3. The molecule has 3 amide bonds. The second-order valence-electron chi connectivity index (χ2n) is 15.7. The number of carbonyl (C=O) groups excluding carboxylic acids is 4. The van der Waals surface area contributed by atoms with Crippen molar-refractivity contribution in [3.8, 4) is 11.1 Å². The number of fused-ring (bicyclic) bond motifs is 3. The Morgan fingerprint density at radius 1 is 0.650 bits per heavy atom. The number of alkyl carbamates (subject to hydrolysis) is 3. The lowest BCUT2D eigenvalue weighted by molar-refractivity contribution is -0.158. The van der Waals surface area contributed by atoms with E-state index in [4.69, 9.17) is 30.5 Å². The molecular weight excluding hydrogens is 782 g/mol. The number of halogens is 1. The number of rotatable bonds is 20. The average Bonchev–Trinajstić information content (AvgIpc) is 3.55. The van der Waals surface area contributed by atoms with Crippen molar-refractivity contribution in [2.75, 3.05) is 19.7 Å². The van der Waals surface area contributed by atoms with Crippen LogP contribution in [0.3, 0.4) is 0 Å². The highest BCUT2D eigenvalue weighted by molar-refractivity contribution is 6.31. The lowest BCUT2D eigenvalue weighted by Gasteiger charge is -2.23. The minimum atomic E-state index is -0.701. The third-order valence-corrected chi connectivity index (χ3v) is 10.3. The van der Waals surface area contributed by atoms with Crippen LogP contribution in [0.25, 0.3) is 11.1 Å². The minimum absolute atomic E-state index is 0.0546. The van der Waals surface area contributed by atoms with Crippen LogP contribution in [0, 0.1) is 5.92 Å². The van der Waals surface area contributed by atoms with E-state index in [0.29, 0.717) is 62.2 Å². The molecular formula is C48H56ClN3O8. The topological polar surface area (TPSA) is 141 Å². The third-order valence-electron chi connectivity index (χ3n) is 9.88. The summed E-state index contributed by atoms with van der Waals surface area (Å²) in [7, 11) is 0. The van der Waals surface area contributed by atoms with Gasteiger partial charge in [-0.1, -0.05) is 127 Å². The molecule has 0 spiro atoms. The molecule has 5 rings (SSSR count). The van der Waals surface area contributed by atoms with Crippen molar-refractivity contribution in [2.24, 2.45) is 5.92 Å². The molecule has 0 fully saturated rings. The number of nitrogens with one attached hydrogen (secondary N) is 3. The summed E-state index contributed by atoms with van der Waals surface area (Å²) in [6.07, 6.45) is 5.41. The number of hydrogen-bond donors (Lipinski definition) is 3. The van der Waals surface area contributed by atoms with Crippen LogP contribution in [0.5, 0.6) is 0 Å². The van der Waals surface area contributed by atoms with E-state index < -0.39 is 35.8 Å². The van der Waals surface area contributed by atoms with Gasteiger partial charge in [-0.2, -0.15) is 0 Å². The van der Waals surface area contributed by atoms with Crippen LogP contribution in [0.4, 0.5) is 14.4 Å². The summed E-state index contributed by atoms with van der Waals surface area (Å²) < 4.78 is 22.3. The SMILES string of the molecule is CC(C)(C)OC(=O)[C@@H](/C=C/[C@H](CCCCNC(=O)OCc1ccccc1Cl)NC(=O)OCC1c2ccccc2-c2ccccc21)CCCCNC(=O)OCc1ccccc1. The van der Waals surface area contributed by atoms with Crippen molar-refractivity contribution in [1.29, 1.82) is 0 Å². The molecule has 0 bridgehead atoms. The Kier molecular flexibility index (Phi) is 17.4. The van der Waals surface area contributed by atoms with E-state index in [2.05, 4.69) is 40.2 Å². The molecule has 4 aromatic carbocycles. The fourth-order valence-electron chi connectivity index (χ4n) is 6.89. The molecule has 318 valence electrons. The second kappa shape index (κ2) is 23.1. The van der Waals surface area contributed by atoms with Crippen LogP contribution < -0.4 is 16.0 Å². The van der Waals surface area contributed by atoms with Crippen LogP contribution in [-0.2, 0) is 37.0 Å². The quantitative estimate of drug-likeness (QED) is 0.0346. The normalized spacial score (nSPS) is 13.1. The van der Waals surface area contributed by atoms with E-state index in [1.165, 1.54) is 0 Å². The summed E-state index contributed by atoms with van der Waals surface area (Å²) in [6.45, 7) is 6.58. The van der Waals surface area contributed by atoms with E-state index in [9.17, 15) is 19.2 Å². The number of unbranched alkanes of at least 4 members (excludes halogenated alkanes) is 2. The maximum absolute atomic E-state index is 13.4. The summed E-state index contributed by atoms with van der Waals surface area (Å²) in [5, 5.41) is 9.06. The molecule has 1 aliphatic carbocycles. The zero-order chi connectivity index (χ0) is 42.7. The highest BCUT2D eigenvalue weighted by atomic mass is 35.5. The predicted molar refractivity (Wildman–Crippen MR) is 232 cm³/mol. The highest BCUT2D eigenvalue weighted by Crippen LogP contribution is 2.44. The van der Waals surface area contributed by atoms with Gasteiger partial charge in [-0.25, -0.2) is 14.4 Å². The van der Waals surface area contributed by atoms with Gasteiger partial charge in [-0.15, -0.1) is 0 Å². The third kappa shape index (κ3) is 14.8. The van der Waals surface area contributed by atoms with Crippen LogP contribution >= 0.6 is 11.6 Å². The Hall–Kier alpha value is -5.81. The Morgan fingerprint density at radius 3 is 1.85 bits per heavy atom. The number of hydrogen-bond acceptors (Lipinski definition) is 8. The number of amides is 3. The number of carbonyl (C=O) groups is 4. The monoisotopic (exact) mass is 837 g/mol. The molecule has 0 saturated carbocycles. The number of ether oxygens (including phenoxy) is 4. The molecule has 0 saturated heterocycles. The van der Waals surface area contributed by atoms with Crippen molar-refractivity contribution < 1.29 is 38.1 Å². The number of benzene rings is 4. The van der Waals surface area contributed by atoms with Gasteiger partial charge < -0.3 is 34.9 Å². The molecule has 0 unspecified atom stereocenters. The standard InChI is InChI=1S/C48H56ClN3O8/c1-48(2,3)60-44(53)35(19-13-15-29-50-45(54)57-31-34-17-5-4-6-18-34)27-28-37(21-14-16-30-51-46(55)58-32-36-20-7-12-26-43(36)49)52-47(56)59-33-42-40-24-10-8-22-38(40)39-23-9-11-25-41(39)42/h4-12,17-18,20,22-28,35,37,42H,13-16,19,21,29-33H2,1-3H3,(H,50,54)(H,51,55)(H,52,56)/b28-27+/t35-,37+/m1/s1. The summed E-state index contributed by atoms with van der Waals surface area (Å²) in [4.78, 5) is 51.4. The first-order valence-corrected chi connectivity index (χ1v) is 21.0. The lowest BCUT2D eigenvalue weighted by Crippen LogP contribution is -2.35. The molecule has 11 nitrogen and oxygen atoms in total. The molecule has 4 aromatic rings. The molecule has 0 heterocycles. The highest BCUT2D eigenvalue weighted by Gasteiger charge is 2.29. The van der Waals surface area contributed by atoms with Crippen LogP contribution in [-0.4, -0.2) is 55.6 Å². The Balaban J connectivity index is 1.17. The summed E-state index contributed by atoms with van der Waals surface area (Å²) >= 11 is 6.18. The van der Waals surface area contributed by atoms with E-state index in [-0.39, 0.29) is 31.7 Å². The lowest BCUT2D eigenvalue weighted by atomic mass is 9.98. The molecule has 2 atom stereocenters. The summed E-state index contributed by atoms with van der Waals surface area (Å²) in [5.41, 5.74) is 5.40. The number of esters is 1. The first kappa shape index (κ1) is 45.3. The smallest absolute Gasteiger partial charge is 0.407 e. The van der Waals surface area contributed by atoms with Crippen LogP contribution in [0.1, 0.15) is 87.5 Å². The van der Waals surface area contributed by atoms with E-state index in [1.54, 1.807) is 18.2 Å². The van der Waals surface area contributed by atoms with Gasteiger partial charge in [0.25, 0.3) is 0 Å². The zero-order valence-electron chi connectivity index (χ0n) is 34.6. The molecule has 0 radical (unpaired) electrons. The van der Waals surface area contributed by atoms with Crippen molar-refractivity contribution >= 4 is 35.8 Å². The van der Waals surface area contributed by atoms with E-state index in [1.807, 2.05) is 93.6 Å². The van der Waals surface area contributed by atoms with Gasteiger partial charge in [0.05, 0.1) is 12.0 Å². The molecule has 1 aliphatic rings. The molecule has 0 aliphatic heterocycles. The summed E-state index contributed by atoms with van der Waals surface area (Å²) in [6, 6.07) is 32.4. The van der Waals surface area contributed by atoms with Crippen LogP contribution in [0.15, 0.2) is 115 Å². The van der Waals surface area contributed by atoms with Crippen molar-refractivity contribution in [2.45, 2.75) is 90.1 Å². The van der Waals surface area contributed by atoms with Gasteiger partial charge in [0.15, 0.2) is 0 Å². The van der Waals surface area contributed by atoms with Gasteiger partial charge in [0.2, 0.25) is 0 Å². The zero-order valence-corrected chi connectivity index (χ0v) is 35.4. The van der Waals surface area contributed by atoms with Crippen molar-refractivity contribution in [3.63, 3.8) is 0 Å². The second-order valence-corrected chi connectivity index (χ2v) is 16.1. The van der Waals surface area contributed by atoms with Gasteiger partial charge in [-0.05, 0) is 86.8 Å².